The summed E-state index contributed by atoms with van der Waals surface area (Å²) >= 11 is 0. The van der Waals surface area contributed by atoms with Crippen molar-refractivity contribution in [2.45, 2.75) is 45.4 Å². The fraction of sp³-hybridized carbons (Fsp3) is 0.533. The van der Waals surface area contributed by atoms with Gasteiger partial charge >= 0.3 is 0 Å². The van der Waals surface area contributed by atoms with Gasteiger partial charge in [-0.25, -0.2) is 0 Å². The SMILES string of the molecule is CC(C)(C)NC(C)(C#N)COCc1ccccc1. The van der Waals surface area contributed by atoms with Gasteiger partial charge in [0.25, 0.3) is 0 Å². The number of nitrogens with one attached hydrogen (secondary N) is 1. The van der Waals surface area contributed by atoms with E-state index in [0.717, 1.165) is 5.56 Å². The molecule has 0 amide bonds. The van der Waals surface area contributed by atoms with Crippen LogP contribution in [0.15, 0.2) is 30.3 Å². The monoisotopic (exact) mass is 246 g/mol. The smallest absolute Gasteiger partial charge is 0.127 e. The molecule has 0 spiro atoms. The van der Waals surface area contributed by atoms with E-state index in [9.17, 15) is 5.26 Å². The molecule has 0 aromatic heterocycles. The molecule has 0 aliphatic rings. The van der Waals surface area contributed by atoms with E-state index in [1.165, 1.54) is 0 Å². The molecule has 1 unspecified atom stereocenters. The summed E-state index contributed by atoms with van der Waals surface area (Å²) in [6.45, 7) is 8.89. The van der Waals surface area contributed by atoms with Crippen LogP contribution in [0.3, 0.4) is 0 Å². The van der Waals surface area contributed by atoms with Crippen LogP contribution < -0.4 is 5.32 Å². The van der Waals surface area contributed by atoms with Gasteiger partial charge in [-0.15, -0.1) is 0 Å². The Hall–Kier alpha value is -1.37. The van der Waals surface area contributed by atoms with Crippen molar-refractivity contribution in [1.82, 2.24) is 5.32 Å². The molecule has 1 aromatic carbocycles. The second-order valence-electron chi connectivity index (χ2n) is 5.80. The van der Waals surface area contributed by atoms with Gasteiger partial charge in [-0.05, 0) is 33.3 Å². The highest BCUT2D eigenvalue weighted by atomic mass is 16.5. The maximum Gasteiger partial charge on any atom is 0.127 e. The van der Waals surface area contributed by atoms with Crippen LogP contribution in [-0.4, -0.2) is 17.7 Å². The highest BCUT2D eigenvalue weighted by Gasteiger charge is 2.29. The first-order chi connectivity index (χ1) is 8.35. The molecule has 0 aliphatic carbocycles. The summed E-state index contributed by atoms with van der Waals surface area (Å²) in [6.07, 6.45) is 0. The van der Waals surface area contributed by atoms with Gasteiger partial charge in [0.05, 0.1) is 19.3 Å². The summed E-state index contributed by atoms with van der Waals surface area (Å²) in [7, 11) is 0. The summed E-state index contributed by atoms with van der Waals surface area (Å²) < 4.78 is 5.64. The van der Waals surface area contributed by atoms with Crippen molar-refractivity contribution >= 4 is 0 Å². The molecule has 0 heterocycles. The van der Waals surface area contributed by atoms with E-state index in [1.807, 2.05) is 58.0 Å². The molecular weight excluding hydrogens is 224 g/mol. The molecule has 0 aliphatic heterocycles. The first-order valence-electron chi connectivity index (χ1n) is 6.17. The molecule has 1 aromatic rings. The van der Waals surface area contributed by atoms with E-state index >= 15 is 0 Å². The number of nitrogens with zero attached hydrogens (tertiary/aromatic N) is 1. The Labute approximate surface area is 110 Å². The summed E-state index contributed by atoms with van der Waals surface area (Å²) in [5.74, 6) is 0. The number of rotatable bonds is 5. The molecule has 0 saturated heterocycles. The predicted octanol–water partition coefficient (Wildman–Crippen LogP) is 2.87. The second-order valence-corrected chi connectivity index (χ2v) is 5.80. The second kappa shape index (κ2) is 5.99. The zero-order valence-corrected chi connectivity index (χ0v) is 11.7. The number of hydrogen-bond acceptors (Lipinski definition) is 3. The number of ether oxygens (including phenoxy) is 1. The molecular formula is C15H22N2O. The van der Waals surface area contributed by atoms with Crippen LogP contribution in [0.4, 0.5) is 0 Å². The Balaban J connectivity index is 2.48. The Morgan fingerprint density at radius 1 is 1.17 bits per heavy atom. The predicted molar refractivity (Wildman–Crippen MR) is 73.0 cm³/mol. The number of hydrogen-bond donors (Lipinski definition) is 1. The van der Waals surface area contributed by atoms with E-state index in [1.54, 1.807) is 0 Å². The lowest BCUT2D eigenvalue weighted by atomic mass is 9.99. The first-order valence-corrected chi connectivity index (χ1v) is 6.17. The van der Waals surface area contributed by atoms with Crippen LogP contribution in [0.25, 0.3) is 0 Å². The number of benzene rings is 1. The molecule has 18 heavy (non-hydrogen) atoms. The molecule has 0 radical (unpaired) electrons. The maximum absolute atomic E-state index is 9.25. The van der Waals surface area contributed by atoms with Crippen LogP contribution >= 0.6 is 0 Å². The topological polar surface area (TPSA) is 45.0 Å². The third kappa shape index (κ3) is 5.31. The van der Waals surface area contributed by atoms with Gasteiger partial charge < -0.3 is 4.74 Å². The maximum atomic E-state index is 9.25. The van der Waals surface area contributed by atoms with E-state index in [-0.39, 0.29) is 5.54 Å². The molecule has 0 fully saturated rings. The Morgan fingerprint density at radius 2 is 1.78 bits per heavy atom. The van der Waals surface area contributed by atoms with E-state index in [4.69, 9.17) is 4.74 Å². The molecule has 0 saturated carbocycles. The van der Waals surface area contributed by atoms with Crippen LogP contribution in [0, 0.1) is 11.3 Å². The normalized spacial score (nSPS) is 14.8. The fourth-order valence-electron chi connectivity index (χ4n) is 1.87. The Morgan fingerprint density at radius 3 is 2.28 bits per heavy atom. The minimum absolute atomic E-state index is 0.111. The van der Waals surface area contributed by atoms with Gasteiger partial charge in [0.1, 0.15) is 5.54 Å². The number of nitriles is 1. The third-order valence-electron chi connectivity index (χ3n) is 2.40. The van der Waals surface area contributed by atoms with Gasteiger partial charge in [-0.3, -0.25) is 5.32 Å². The largest absolute Gasteiger partial charge is 0.374 e. The van der Waals surface area contributed by atoms with Crippen molar-refractivity contribution in [3.8, 4) is 6.07 Å². The molecule has 3 heteroatoms. The lowest BCUT2D eigenvalue weighted by Gasteiger charge is -2.32. The van der Waals surface area contributed by atoms with Gasteiger partial charge in [0.2, 0.25) is 0 Å². The van der Waals surface area contributed by atoms with Crippen molar-refractivity contribution in [2.75, 3.05) is 6.61 Å². The Bertz CT molecular complexity index is 403. The van der Waals surface area contributed by atoms with E-state index < -0.39 is 5.54 Å². The van der Waals surface area contributed by atoms with Crippen molar-refractivity contribution in [3.63, 3.8) is 0 Å². The molecule has 1 N–H and O–H groups in total. The zero-order valence-electron chi connectivity index (χ0n) is 11.7. The van der Waals surface area contributed by atoms with Crippen LogP contribution in [-0.2, 0) is 11.3 Å². The molecule has 98 valence electrons. The average Bonchev–Trinajstić information content (AvgIpc) is 2.28. The lowest BCUT2D eigenvalue weighted by molar-refractivity contribution is 0.0740. The van der Waals surface area contributed by atoms with Crippen molar-refractivity contribution in [1.29, 1.82) is 5.26 Å². The lowest BCUT2D eigenvalue weighted by Crippen LogP contribution is -2.54. The molecule has 1 atom stereocenters. The highest BCUT2D eigenvalue weighted by molar-refractivity contribution is 5.13. The molecule has 0 bridgehead atoms. The van der Waals surface area contributed by atoms with Crippen LogP contribution in [0.1, 0.15) is 33.3 Å². The van der Waals surface area contributed by atoms with Crippen molar-refractivity contribution in [3.05, 3.63) is 35.9 Å². The Kier molecular flexibility index (Phi) is 4.89. The van der Waals surface area contributed by atoms with Gasteiger partial charge in [0.15, 0.2) is 0 Å². The zero-order chi connectivity index (χ0) is 13.6. The van der Waals surface area contributed by atoms with Gasteiger partial charge in [-0.2, -0.15) is 5.26 Å². The highest BCUT2D eigenvalue weighted by Crippen LogP contribution is 2.12. The first kappa shape index (κ1) is 14.7. The standard InChI is InChI=1S/C15H22N2O/c1-14(2,3)17-15(4,11-16)12-18-10-13-8-6-5-7-9-13/h5-9,17H,10,12H2,1-4H3. The van der Waals surface area contributed by atoms with Gasteiger partial charge in [-0.1, -0.05) is 30.3 Å². The van der Waals surface area contributed by atoms with Gasteiger partial charge in [0, 0.05) is 5.54 Å². The van der Waals surface area contributed by atoms with E-state index in [0.29, 0.717) is 13.2 Å². The summed E-state index contributed by atoms with van der Waals surface area (Å²) in [4.78, 5) is 0. The third-order valence-corrected chi connectivity index (χ3v) is 2.40. The van der Waals surface area contributed by atoms with Crippen LogP contribution in [0.2, 0.25) is 0 Å². The summed E-state index contributed by atoms with van der Waals surface area (Å²) in [5, 5.41) is 12.5. The summed E-state index contributed by atoms with van der Waals surface area (Å²) in [5.41, 5.74) is 0.349. The quantitative estimate of drug-likeness (QED) is 0.869. The average molecular weight is 246 g/mol. The minimum Gasteiger partial charge on any atom is -0.374 e. The fourth-order valence-corrected chi connectivity index (χ4v) is 1.87. The molecule has 3 nitrogen and oxygen atoms in total. The minimum atomic E-state index is -0.660. The van der Waals surface area contributed by atoms with Crippen LogP contribution in [0.5, 0.6) is 0 Å². The van der Waals surface area contributed by atoms with Crippen molar-refractivity contribution < 1.29 is 4.74 Å². The summed E-state index contributed by atoms with van der Waals surface area (Å²) in [6, 6.07) is 12.3. The van der Waals surface area contributed by atoms with Crippen molar-refractivity contribution in [2.24, 2.45) is 0 Å². The molecule has 1 rings (SSSR count). The van der Waals surface area contributed by atoms with E-state index in [2.05, 4.69) is 11.4 Å².